The zero-order valence-corrected chi connectivity index (χ0v) is 7.06. The van der Waals surface area contributed by atoms with Gasteiger partial charge in [-0.15, -0.1) is 0 Å². The first kappa shape index (κ1) is 8.28. The molecule has 0 aliphatic carbocycles. The van der Waals surface area contributed by atoms with Crippen LogP contribution in [0.5, 0.6) is 0 Å². The Hall–Kier alpha value is -0.820. The second kappa shape index (κ2) is 3.54. The number of ketones is 1. The third-order valence-electron chi connectivity index (χ3n) is 1.50. The van der Waals surface area contributed by atoms with Crippen molar-refractivity contribution in [3.63, 3.8) is 0 Å². The maximum atomic E-state index is 11.1. The smallest absolute Gasteiger partial charge is 0.164 e. The summed E-state index contributed by atoms with van der Waals surface area (Å²) in [7, 11) is 0. The van der Waals surface area contributed by atoms with Crippen LogP contribution in [-0.4, -0.2) is 5.78 Å². The van der Waals surface area contributed by atoms with E-state index >= 15 is 0 Å². The Labute approximate surface area is 71.0 Å². The van der Waals surface area contributed by atoms with Crippen LogP contribution in [0.25, 0.3) is 0 Å². The molecule has 0 amide bonds. The maximum Gasteiger partial charge on any atom is 0.164 e. The van der Waals surface area contributed by atoms with Gasteiger partial charge in [0.25, 0.3) is 0 Å². The van der Waals surface area contributed by atoms with Gasteiger partial charge in [0, 0.05) is 12.0 Å². The molecule has 1 nitrogen and oxygen atoms in total. The molecule has 11 heavy (non-hydrogen) atoms. The minimum Gasteiger partial charge on any atom is -0.294 e. The number of halogens is 1. The molecule has 1 aromatic carbocycles. The molecule has 0 radical (unpaired) electrons. The van der Waals surface area contributed by atoms with E-state index in [1.54, 1.807) is 12.1 Å². The van der Waals surface area contributed by atoms with Crippen LogP contribution >= 0.6 is 11.6 Å². The van der Waals surface area contributed by atoms with Gasteiger partial charge in [-0.2, -0.15) is 0 Å². The summed E-state index contributed by atoms with van der Waals surface area (Å²) < 4.78 is 0. The molecule has 1 aromatic rings. The van der Waals surface area contributed by atoms with Crippen LogP contribution in [0.4, 0.5) is 0 Å². The summed E-state index contributed by atoms with van der Waals surface area (Å²) in [4.78, 5) is 11.1. The van der Waals surface area contributed by atoms with Gasteiger partial charge in [0.05, 0.1) is 5.02 Å². The molecule has 2 heteroatoms. The van der Waals surface area contributed by atoms with E-state index in [9.17, 15) is 4.79 Å². The van der Waals surface area contributed by atoms with Crippen molar-refractivity contribution in [2.24, 2.45) is 0 Å². The summed E-state index contributed by atoms with van der Waals surface area (Å²) in [5.41, 5.74) is 0.622. The average Bonchev–Trinajstić information content (AvgIpc) is 2.04. The van der Waals surface area contributed by atoms with Gasteiger partial charge in [-0.25, -0.2) is 0 Å². The summed E-state index contributed by atoms with van der Waals surface area (Å²) in [5, 5.41) is 0.541. The third kappa shape index (κ3) is 1.81. The van der Waals surface area contributed by atoms with Crippen LogP contribution in [0.15, 0.2) is 24.3 Å². The lowest BCUT2D eigenvalue weighted by atomic mass is 10.1. The van der Waals surface area contributed by atoms with E-state index in [-0.39, 0.29) is 5.78 Å². The van der Waals surface area contributed by atoms with Crippen LogP contribution in [0.1, 0.15) is 23.7 Å². The summed E-state index contributed by atoms with van der Waals surface area (Å²) in [6.07, 6.45) is 0.504. The largest absolute Gasteiger partial charge is 0.294 e. The van der Waals surface area contributed by atoms with E-state index in [2.05, 4.69) is 0 Å². The maximum absolute atomic E-state index is 11.1. The quantitative estimate of drug-likeness (QED) is 0.621. The standard InChI is InChI=1S/C9H9ClO/c1-2-9(11)7-5-3-4-6-8(7)10/h3-6H,2H2,1H3. The highest BCUT2D eigenvalue weighted by Crippen LogP contribution is 2.16. The minimum atomic E-state index is 0.0931. The van der Waals surface area contributed by atoms with Gasteiger partial charge in [-0.1, -0.05) is 30.7 Å². The predicted molar refractivity (Wildman–Crippen MR) is 46.1 cm³/mol. The van der Waals surface area contributed by atoms with Crippen LogP contribution in [0.3, 0.4) is 0 Å². The number of carbonyl (C=O) groups excluding carboxylic acids is 1. The van der Waals surface area contributed by atoms with E-state index in [4.69, 9.17) is 11.6 Å². The van der Waals surface area contributed by atoms with E-state index in [1.165, 1.54) is 0 Å². The Morgan fingerprint density at radius 2 is 2.09 bits per heavy atom. The van der Waals surface area contributed by atoms with Gasteiger partial charge in [-0.05, 0) is 12.1 Å². The molecular weight excluding hydrogens is 160 g/mol. The molecule has 0 atom stereocenters. The van der Waals surface area contributed by atoms with Gasteiger partial charge in [0.1, 0.15) is 0 Å². The molecular formula is C9H9ClO. The Balaban J connectivity index is 3.03. The first-order valence-electron chi connectivity index (χ1n) is 3.53. The zero-order valence-electron chi connectivity index (χ0n) is 6.30. The van der Waals surface area contributed by atoms with Crippen LogP contribution in [0, 0.1) is 0 Å². The summed E-state index contributed by atoms with van der Waals surface area (Å²) in [5.74, 6) is 0.0931. The summed E-state index contributed by atoms with van der Waals surface area (Å²) in [6, 6.07) is 7.10. The van der Waals surface area contributed by atoms with Crippen molar-refractivity contribution in [2.45, 2.75) is 13.3 Å². The topological polar surface area (TPSA) is 17.1 Å². The van der Waals surface area contributed by atoms with Gasteiger partial charge in [-0.3, -0.25) is 4.79 Å². The molecule has 0 bridgehead atoms. The van der Waals surface area contributed by atoms with Gasteiger partial charge < -0.3 is 0 Å². The molecule has 58 valence electrons. The molecule has 0 aromatic heterocycles. The fraction of sp³-hybridized carbons (Fsp3) is 0.222. The minimum absolute atomic E-state index is 0.0931. The van der Waals surface area contributed by atoms with Gasteiger partial charge >= 0.3 is 0 Å². The van der Waals surface area contributed by atoms with E-state index in [0.29, 0.717) is 17.0 Å². The number of Topliss-reactive ketones (excluding diaryl/α,β-unsaturated/α-hetero) is 1. The van der Waals surface area contributed by atoms with Crippen LogP contribution < -0.4 is 0 Å². The molecule has 0 aliphatic rings. The summed E-state index contributed by atoms with van der Waals surface area (Å²) in [6.45, 7) is 1.83. The third-order valence-corrected chi connectivity index (χ3v) is 1.82. The number of rotatable bonds is 2. The normalized spacial score (nSPS) is 9.64. The Bertz CT molecular complexity index is 268. The number of hydrogen-bond donors (Lipinski definition) is 0. The van der Waals surface area contributed by atoms with Crippen LogP contribution in [0.2, 0.25) is 5.02 Å². The monoisotopic (exact) mass is 168 g/mol. The van der Waals surface area contributed by atoms with Gasteiger partial charge in [0.2, 0.25) is 0 Å². The van der Waals surface area contributed by atoms with Crippen molar-refractivity contribution in [1.82, 2.24) is 0 Å². The Morgan fingerprint density at radius 3 is 2.64 bits per heavy atom. The predicted octanol–water partition coefficient (Wildman–Crippen LogP) is 2.93. The Kier molecular flexibility index (Phi) is 2.66. The van der Waals surface area contributed by atoms with Crippen molar-refractivity contribution in [2.75, 3.05) is 0 Å². The first-order chi connectivity index (χ1) is 5.25. The molecule has 0 aliphatic heterocycles. The molecule has 0 spiro atoms. The molecule has 0 saturated carbocycles. The van der Waals surface area contributed by atoms with E-state index < -0.39 is 0 Å². The lowest BCUT2D eigenvalue weighted by Gasteiger charge is -1.98. The molecule has 0 fully saturated rings. The van der Waals surface area contributed by atoms with Crippen molar-refractivity contribution in [3.05, 3.63) is 34.9 Å². The summed E-state index contributed by atoms with van der Waals surface area (Å²) >= 11 is 5.78. The molecule has 0 N–H and O–H groups in total. The molecule has 0 unspecified atom stereocenters. The highest BCUT2D eigenvalue weighted by Gasteiger charge is 2.05. The van der Waals surface area contributed by atoms with E-state index in [0.717, 1.165) is 0 Å². The molecule has 0 heterocycles. The fourth-order valence-electron chi connectivity index (χ4n) is 0.878. The number of benzene rings is 1. The molecule has 1 rings (SSSR count). The molecule has 0 saturated heterocycles. The SMILES string of the molecule is CCC(=O)c1ccccc1Cl. The Morgan fingerprint density at radius 1 is 1.45 bits per heavy atom. The number of carbonyl (C=O) groups is 1. The fourth-order valence-corrected chi connectivity index (χ4v) is 1.12. The van der Waals surface area contributed by atoms with Crippen molar-refractivity contribution in [3.8, 4) is 0 Å². The lowest BCUT2D eigenvalue weighted by molar-refractivity contribution is 0.0988. The average molecular weight is 169 g/mol. The second-order valence-corrected chi connectivity index (χ2v) is 2.66. The second-order valence-electron chi connectivity index (χ2n) is 2.26. The highest BCUT2D eigenvalue weighted by atomic mass is 35.5. The highest BCUT2D eigenvalue weighted by molar-refractivity contribution is 6.33. The van der Waals surface area contributed by atoms with Crippen molar-refractivity contribution < 1.29 is 4.79 Å². The van der Waals surface area contributed by atoms with Crippen molar-refractivity contribution >= 4 is 17.4 Å². The van der Waals surface area contributed by atoms with Crippen molar-refractivity contribution in [1.29, 1.82) is 0 Å². The van der Waals surface area contributed by atoms with Gasteiger partial charge in [0.15, 0.2) is 5.78 Å². The van der Waals surface area contributed by atoms with Crippen LogP contribution in [-0.2, 0) is 0 Å². The van der Waals surface area contributed by atoms with E-state index in [1.807, 2.05) is 19.1 Å². The number of hydrogen-bond acceptors (Lipinski definition) is 1. The lowest BCUT2D eigenvalue weighted by Crippen LogP contribution is -1.96. The zero-order chi connectivity index (χ0) is 8.27. The first-order valence-corrected chi connectivity index (χ1v) is 3.91.